The van der Waals surface area contributed by atoms with Crippen molar-refractivity contribution in [2.45, 2.75) is 57.4 Å². The van der Waals surface area contributed by atoms with E-state index in [9.17, 15) is 9.59 Å². The van der Waals surface area contributed by atoms with Gasteiger partial charge in [-0.15, -0.1) is 0 Å². The van der Waals surface area contributed by atoms with Crippen LogP contribution in [0.3, 0.4) is 0 Å². The Morgan fingerprint density at radius 1 is 1.17 bits per heavy atom. The maximum atomic E-state index is 13.5. The monoisotopic (exact) mass is 398 g/mol. The van der Waals surface area contributed by atoms with E-state index in [2.05, 4.69) is 24.0 Å². The molecule has 29 heavy (non-hydrogen) atoms. The third-order valence-electron chi connectivity index (χ3n) is 7.47. The first-order valence-corrected chi connectivity index (χ1v) is 11.0. The lowest BCUT2D eigenvalue weighted by atomic mass is 9.71. The third-order valence-corrected chi connectivity index (χ3v) is 7.47. The van der Waals surface area contributed by atoms with Crippen LogP contribution in [0.2, 0.25) is 0 Å². The van der Waals surface area contributed by atoms with Crippen molar-refractivity contribution in [2.24, 2.45) is 5.92 Å². The van der Waals surface area contributed by atoms with Crippen LogP contribution in [0.25, 0.3) is 0 Å². The zero-order chi connectivity index (χ0) is 20.2. The zero-order valence-corrected chi connectivity index (χ0v) is 17.4. The number of amides is 2. The van der Waals surface area contributed by atoms with E-state index >= 15 is 0 Å². The van der Waals surface area contributed by atoms with Crippen LogP contribution in [-0.2, 0) is 15.0 Å². The predicted octanol–water partition coefficient (Wildman–Crippen LogP) is 3.04. The van der Waals surface area contributed by atoms with Crippen molar-refractivity contribution in [3.8, 4) is 11.5 Å². The maximum Gasteiger partial charge on any atom is 0.228 e. The van der Waals surface area contributed by atoms with Crippen LogP contribution in [0.15, 0.2) is 12.1 Å². The lowest BCUT2D eigenvalue weighted by molar-refractivity contribution is -0.139. The Hall–Kier alpha value is -2.24. The van der Waals surface area contributed by atoms with Gasteiger partial charge in [-0.3, -0.25) is 9.59 Å². The molecule has 0 N–H and O–H groups in total. The number of carbonyl (C=O) groups is 2. The van der Waals surface area contributed by atoms with Gasteiger partial charge in [0, 0.05) is 31.5 Å². The lowest BCUT2D eigenvalue weighted by Crippen LogP contribution is -2.50. The number of fused-ring (bicyclic) bond motifs is 3. The Kier molecular flexibility index (Phi) is 4.48. The quantitative estimate of drug-likeness (QED) is 0.768. The first-order valence-electron chi connectivity index (χ1n) is 11.0. The number of rotatable bonds is 2. The molecule has 1 aromatic rings. The van der Waals surface area contributed by atoms with Crippen molar-refractivity contribution in [1.29, 1.82) is 0 Å². The Bertz CT molecular complexity index is 846. The van der Waals surface area contributed by atoms with Crippen LogP contribution < -0.4 is 9.47 Å². The summed E-state index contributed by atoms with van der Waals surface area (Å²) in [6, 6.07) is 4.27. The largest absolute Gasteiger partial charge is 0.486 e. The van der Waals surface area contributed by atoms with Gasteiger partial charge in [-0.25, -0.2) is 0 Å². The van der Waals surface area contributed by atoms with Crippen LogP contribution >= 0.6 is 0 Å². The second-order valence-electron chi connectivity index (χ2n) is 9.05. The molecule has 156 valence electrons. The van der Waals surface area contributed by atoms with Crippen molar-refractivity contribution < 1.29 is 19.1 Å². The SMILES string of the molecule is CCN1CC(C(=O)N2CC3(CCCC3)c3cc4c(cc3C2C)OCCO4)CC1=O. The molecule has 2 amide bonds. The minimum Gasteiger partial charge on any atom is -0.486 e. The smallest absolute Gasteiger partial charge is 0.228 e. The van der Waals surface area contributed by atoms with Gasteiger partial charge in [-0.05, 0) is 49.9 Å². The summed E-state index contributed by atoms with van der Waals surface area (Å²) < 4.78 is 11.7. The Morgan fingerprint density at radius 2 is 1.86 bits per heavy atom. The second-order valence-corrected chi connectivity index (χ2v) is 9.05. The molecule has 6 nitrogen and oxygen atoms in total. The molecule has 0 aromatic heterocycles. The Balaban J connectivity index is 1.52. The van der Waals surface area contributed by atoms with Crippen molar-refractivity contribution in [3.05, 3.63) is 23.3 Å². The molecule has 1 spiro atoms. The minimum atomic E-state index is -0.220. The van der Waals surface area contributed by atoms with Gasteiger partial charge in [-0.1, -0.05) is 12.8 Å². The molecule has 1 aliphatic carbocycles. The minimum absolute atomic E-state index is 0.000394. The van der Waals surface area contributed by atoms with Crippen LogP contribution in [0.5, 0.6) is 11.5 Å². The van der Waals surface area contributed by atoms with Crippen molar-refractivity contribution in [2.75, 3.05) is 32.8 Å². The average Bonchev–Trinajstić information content (AvgIpc) is 3.36. The fraction of sp³-hybridized carbons (Fsp3) is 0.652. The maximum absolute atomic E-state index is 13.5. The highest BCUT2D eigenvalue weighted by molar-refractivity contribution is 5.89. The first kappa shape index (κ1) is 18.8. The number of hydrogen-bond acceptors (Lipinski definition) is 4. The van der Waals surface area contributed by atoms with Gasteiger partial charge in [0.25, 0.3) is 0 Å². The number of likely N-dealkylation sites (tertiary alicyclic amines) is 1. The van der Waals surface area contributed by atoms with E-state index in [1.807, 2.05) is 6.92 Å². The number of nitrogens with zero attached hydrogens (tertiary/aromatic N) is 2. The summed E-state index contributed by atoms with van der Waals surface area (Å²) in [7, 11) is 0. The fourth-order valence-corrected chi connectivity index (χ4v) is 5.85. The van der Waals surface area contributed by atoms with E-state index in [0.29, 0.717) is 32.7 Å². The van der Waals surface area contributed by atoms with Crippen molar-refractivity contribution in [1.82, 2.24) is 9.80 Å². The van der Waals surface area contributed by atoms with Gasteiger partial charge in [0.05, 0.1) is 12.0 Å². The fourth-order valence-electron chi connectivity index (χ4n) is 5.85. The average molecular weight is 399 g/mol. The topological polar surface area (TPSA) is 59.1 Å². The van der Waals surface area contributed by atoms with E-state index in [1.54, 1.807) is 4.90 Å². The number of hydrogen-bond donors (Lipinski definition) is 0. The molecule has 5 rings (SSSR count). The second kappa shape index (κ2) is 6.92. The van der Waals surface area contributed by atoms with Gasteiger partial charge in [0.2, 0.25) is 11.8 Å². The summed E-state index contributed by atoms with van der Waals surface area (Å²) in [5, 5.41) is 0. The summed E-state index contributed by atoms with van der Waals surface area (Å²) in [6.45, 7) is 7.21. The summed E-state index contributed by atoms with van der Waals surface area (Å²) in [4.78, 5) is 29.6. The molecule has 3 aliphatic heterocycles. The Labute approximate surface area is 172 Å². The number of carbonyl (C=O) groups excluding carboxylic acids is 2. The highest BCUT2D eigenvalue weighted by Gasteiger charge is 2.48. The first-order chi connectivity index (χ1) is 14.0. The molecule has 4 aliphatic rings. The lowest BCUT2D eigenvalue weighted by Gasteiger charge is -2.47. The molecule has 1 saturated heterocycles. The highest BCUT2D eigenvalue weighted by atomic mass is 16.6. The summed E-state index contributed by atoms with van der Waals surface area (Å²) in [5.41, 5.74) is 2.53. The van der Waals surface area contributed by atoms with Crippen LogP contribution in [-0.4, -0.2) is 54.5 Å². The molecule has 0 bridgehead atoms. The van der Waals surface area contributed by atoms with Gasteiger partial charge in [0.15, 0.2) is 11.5 Å². The van der Waals surface area contributed by atoms with Crippen LogP contribution in [0.4, 0.5) is 0 Å². The Morgan fingerprint density at radius 3 is 2.52 bits per heavy atom. The molecule has 1 aromatic carbocycles. The van der Waals surface area contributed by atoms with Gasteiger partial charge < -0.3 is 19.3 Å². The molecule has 6 heteroatoms. The standard InChI is InChI=1S/C23H30N2O4/c1-3-24-13-16(10-21(24)26)22(27)25-14-23(6-4-5-7-23)18-12-20-19(28-8-9-29-20)11-17(18)15(25)2/h11-12,15-16H,3-10,13-14H2,1-2H3. The van der Waals surface area contributed by atoms with Crippen molar-refractivity contribution >= 4 is 11.8 Å². The molecular formula is C23H30N2O4. The predicted molar refractivity (Wildman–Crippen MR) is 108 cm³/mol. The normalized spacial score (nSPS) is 27.4. The van der Waals surface area contributed by atoms with E-state index < -0.39 is 0 Å². The molecule has 3 heterocycles. The number of benzene rings is 1. The van der Waals surface area contributed by atoms with Crippen molar-refractivity contribution in [3.63, 3.8) is 0 Å². The van der Waals surface area contributed by atoms with Crippen LogP contribution in [0, 0.1) is 5.92 Å². The van der Waals surface area contributed by atoms with E-state index in [-0.39, 0.29) is 29.2 Å². The highest BCUT2D eigenvalue weighted by Crippen LogP contribution is 2.52. The van der Waals surface area contributed by atoms with Gasteiger partial charge in [-0.2, -0.15) is 0 Å². The molecule has 2 fully saturated rings. The summed E-state index contributed by atoms with van der Waals surface area (Å²) >= 11 is 0. The molecule has 2 unspecified atom stereocenters. The van der Waals surface area contributed by atoms with Crippen LogP contribution in [0.1, 0.15) is 63.1 Å². The summed E-state index contributed by atoms with van der Waals surface area (Å²) in [6.07, 6.45) is 4.92. The summed E-state index contributed by atoms with van der Waals surface area (Å²) in [5.74, 6) is 1.65. The molecule has 0 radical (unpaired) electrons. The third kappa shape index (κ3) is 2.90. The molecule has 2 atom stereocenters. The zero-order valence-electron chi connectivity index (χ0n) is 17.4. The number of ether oxygens (including phenoxy) is 2. The van der Waals surface area contributed by atoms with E-state index in [0.717, 1.165) is 30.9 Å². The molecule has 1 saturated carbocycles. The van der Waals surface area contributed by atoms with E-state index in [4.69, 9.17) is 9.47 Å². The molecular weight excluding hydrogens is 368 g/mol. The van der Waals surface area contributed by atoms with Gasteiger partial charge >= 0.3 is 0 Å². The van der Waals surface area contributed by atoms with Gasteiger partial charge in [0.1, 0.15) is 13.2 Å². The van der Waals surface area contributed by atoms with E-state index in [1.165, 1.54) is 24.0 Å².